The highest BCUT2D eigenvalue weighted by Crippen LogP contribution is 2.38. The molecule has 1 fully saturated rings. The average Bonchev–Trinajstić information content (AvgIpc) is 2.39. The Balaban J connectivity index is 2.35. The van der Waals surface area contributed by atoms with Crippen molar-refractivity contribution in [2.45, 2.75) is 59.3 Å². The van der Waals surface area contributed by atoms with E-state index in [0.717, 1.165) is 11.7 Å². The van der Waals surface area contributed by atoms with Gasteiger partial charge in [-0.3, -0.25) is 0 Å². The second kappa shape index (κ2) is 7.68. The fourth-order valence-electron chi connectivity index (χ4n) is 3.18. The number of likely N-dealkylation sites (tertiary alicyclic amines) is 1. The second-order valence-electron chi connectivity index (χ2n) is 5.84. The Bertz CT molecular complexity index is 191. The summed E-state index contributed by atoms with van der Waals surface area (Å²) in [7, 11) is 0. The molecule has 0 bridgehead atoms. The molecule has 0 aromatic carbocycles. The molecule has 102 valence electrons. The van der Waals surface area contributed by atoms with Gasteiger partial charge in [0.15, 0.2) is 0 Å². The molecule has 17 heavy (non-hydrogen) atoms. The summed E-state index contributed by atoms with van der Waals surface area (Å²) in [4.78, 5) is 2.68. The Morgan fingerprint density at radius 3 is 2.12 bits per heavy atom. The first kappa shape index (κ1) is 15.4. The SMILES string of the molecule is CCCC(CS)CN1CCC(CC)(CC)CC1. The van der Waals surface area contributed by atoms with Gasteiger partial charge in [0.25, 0.3) is 0 Å². The summed E-state index contributed by atoms with van der Waals surface area (Å²) < 4.78 is 0. The molecule has 0 saturated carbocycles. The molecule has 0 amide bonds. The van der Waals surface area contributed by atoms with Crippen LogP contribution in [0.4, 0.5) is 0 Å². The zero-order valence-corrected chi connectivity index (χ0v) is 12.9. The highest BCUT2D eigenvalue weighted by atomic mass is 32.1. The molecule has 1 nitrogen and oxygen atoms in total. The zero-order chi connectivity index (χ0) is 12.7. The molecule has 1 saturated heterocycles. The van der Waals surface area contributed by atoms with Crippen LogP contribution in [0.15, 0.2) is 0 Å². The highest BCUT2D eigenvalue weighted by molar-refractivity contribution is 7.80. The predicted molar refractivity (Wildman–Crippen MR) is 80.9 cm³/mol. The quantitative estimate of drug-likeness (QED) is 0.668. The molecule has 0 aliphatic carbocycles. The first-order valence-corrected chi connectivity index (χ1v) is 8.16. The molecule has 0 spiro atoms. The minimum Gasteiger partial charge on any atom is -0.303 e. The molecular formula is C15H31NS. The van der Waals surface area contributed by atoms with E-state index in [1.54, 1.807) is 0 Å². The maximum atomic E-state index is 4.49. The Labute approximate surface area is 114 Å². The van der Waals surface area contributed by atoms with Gasteiger partial charge >= 0.3 is 0 Å². The van der Waals surface area contributed by atoms with Crippen molar-refractivity contribution in [1.82, 2.24) is 4.90 Å². The zero-order valence-electron chi connectivity index (χ0n) is 12.0. The first-order chi connectivity index (χ1) is 8.19. The molecule has 1 rings (SSSR count). The molecule has 1 heterocycles. The van der Waals surface area contributed by atoms with E-state index < -0.39 is 0 Å². The minimum atomic E-state index is 0.664. The molecular weight excluding hydrogens is 226 g/mol. The van der Waals surface area contributed by atoms with Gasteiger partial charge in [-0.05, 0) is 49.4 Å². The summed E-state index contributed by atoms with van der Waals surface area (Å²) in [6.45, 7) is 10.9. The molecule has 0 N–H and O–H groups in total. The topological polar surface area (TPSA) is 3.24 Å². The van der Waals surface area contributed by atoms with Crippen molar-refractivity contribution in [1.29, 1.82) is 0 Å². The smallest absolute Gasteiger partial charge is 0.00175 e. The fraction of sp³-hybridized carbons (Fsp3) is 1.00. The summed E-state index contributed by atoms with van der Waals surface area (Å²) >= 11 is 4.49. The summed E-state index contributed by atoms with van der Waals surface area (Å²) in [6.07, 6.45) is 8.18. The van der Waals surface area contributed by atoms with Gasteiger partial charge in [0.05, 0.1) is 0 Å². The Kier molecular flexibility index (Phi) is 6.94. The number of rotatable bonds is 7. The number of piperidine rings is 1. The van der Waals surface area contributed by atoms with Crippen LogP contribution in [0.5, 0.6) is 0 Å². The van der Waals surface area contributed by atoms with Gasteiger partial charge < -0.3 is 4.90 Å². The fourth-order valence-corrected chi connectivity index (χ4v) is 3.48. The average molecular weight is 257 g/mol. The maximum Gasteiger partial charge on any atom is 0.00175 e. The lowest BCUT2D eigenvalue weighted by atomic mass is 9.74. The Hall–Kier alpha value is 0.310. The molecule has 1 atom stereocenters. The summed E-state index contributed by atoms with van der Waals surface area (Å²) in [5, 5.41) is 0. The molecule has 1 unspecified atom stereocenters. The van der Waals surface area contributed by atoms with Crippen LogP contribution in [-0.4, -0.2) is 30.3 Å². The highest BCUT2D eigenvalue weighted by Gasteiger charge is 2.31. The Morgan fingerprint density at radius 1 is 1.12 bits per heavy atom. The van der Waals surface area contributed by atoms with Crippen molar-refractivity contribution >= 4 is 12.6 Å². The molecule has 0 aromatic heterocycles. The summed E-state index contributed by atoms with van der Waals surface area (Å²) in [5.41, 5.74) is 0.664. The van der Waals surface area contributed by atoms with Crippen molar-refractivity contribution in [2.75, 3.05) is 25.4 Å². The van der Waals surface area contributed by atoms with Crippen LogP contribution in [0.25, 0.3) is 0 Å². The van der Waals surface area contributed by atoms with Crippen molar-refractivity contribution in [2.24, 2.45) is 11.3 Å². The van der Waals surface area contributed by atoms with Crippen molar-refractivity contribution in [3.63, 3.8) is 0 Å². The third-order valence-electron chi connectivity index (χ3n) is 4.89. The van der Waals surface area contributed by atoms with Crippen LogP contribution in [-0.2, 0) is 0 Å². The van der Waals surface area contributed by atoms with E-state index in [0.29, 0.717) is 5.41 Å². The van der Waals surface area contributed by atoms with Gasteiger partial charge in [0.2, 0.25) is 0 Å². The van der Waals surface area contributed by atoms with E-state index >= 15 is 0 Å². The van der Waals surface area contributed by atoms with Gasteiger partial charge in [0.1, 0.15) is 0 Å². The van der Waals surface area contributed by atoms with Crippen molar-refractivity contribution in [3.8, 4) is 0 Å². The maximum absolute atomic E-state index is 4.49. The number of thiol groups is 1. The molecule has 0 aromatic rings. The van der Waals surface area contributed by atoms with Crippen LogP contribution in [0, 0.1) is 11.3 Å². The standard InChI is InChI=1S/C15H31NS/c1-4-7-14(13-17)12-16-10-8-15(5-2,6-3)9-11-16/h14,17H,4-13H2,1-3H3. The van der Waals surface area contributed by atoms with E-state index in [4.69, 9.17) is 0 Å². The van der Waals surface area contributed by atoms with Crippen molar-refractivity contribution in [3.05, 3.63) is 0 Å². The van der Waals surface area contributed by atoms with Gasteiger partial charge in [-0.15, -0.1) is 0 Å². The summed E-state index contributed by atoms with van der Waals surface area (Å²) in [6, 6.07) is 0. The van der Waals surface area contributed by atoms with Crippen LogP contribution in [0.2, 0.25) is 0 Å². The van der Waals surface area contributed by atoms with Crippen LogP contribution in [0.1, 0.15) is 59.3 Å². The van der Waals surface area contributed by atoms with Crippen LogP contribution >= 0.6 is 12.6 Å². The minimum absolute atomic E-state index is 0.664. The lowest BCUT2D eigenvalue weighted by Gasteiger charge is -2.42. The van der Waals surface area contributed by atoms with Gasteiger partial charge in [-0.2, -0.15) is 12.6 Å². The Morgan fingerprint density at radius 2 is 1.71 bits per heavy atom. The number of nitrogens with zero attached hydrogens (tertiary/aromatic N) is 1. The van der Waals surface area contributed by atoms with E-state index in [-0.39, 0.29) is 0 Å². The van der Waals surface area contributed by atoms with Gasteiger partial charge in [0, 0.05) is 6.54 Å². The molecule has 1 aliphatic rings. The molecule has 1 aliphatic heterocycles. The first-order valence-electron chi connectivity index (χ1n) is 7.53. The van der Waals surface area contributed by atoms with E-state index in [1.165, 1.54) is 58.2 Å². The monoisotopic (exact) mass is 257 g/mol. The molecule has 0 radical (unpaired) electrons. The largest absolute Gasteiger partial charge is 0.303 e. The third kappa shape index (κ3) is 4.48. The van der Waals surface area contributed by atoms with Gasteiger partial charge in [-0.1, -0.05) is 40.0 Å². The number of hydrogen-bond donors (Lipinski definition) is 1. The lowest BCUT2D eigenvalue weighted by molar-refractivity contribution is 0.0856. The van der Waals surface area contributed by atoms with E-state index in [9.17, 15) is 0 Å². The van der Waals surface area contributed by atoms with Crippen LogP contribution in [0.3, 0.4) is 0 Å². The second-order valence-corrected chi connectivity index (χ2v) is 6.21. The number of hydrogen-bond acceptors (Lipinski definition) is 2. The normalized spacial score (nSPS) is 22.6. The third-order valence-corrected chi connectivity index (χ3v) is 5.40. The summed E-state index contributed by atoms with van der Waals surface area (Å²) in [5.74, 6) is 1.86. The van der Waals surface area contributed by atoms with E-state index in [2.05, 4.69) is 38.3 Å². The predicted octanol–water partition coefficient (Wildman–Crippen LogP) is 4.23. The van der Waals surface area contributed by atoms with E-state index in [1.807, 2.05) is 0 Å². The van der Waals surface area contributed by atoms with Crippen LogP contribution < -0.4 is 0 Å². The molecule has 2 heteroatoms. The lowest BCUT2D eigenvalue weighted by Crippen LogP contribution is -2.42. The van der Waals surface area contributed by atoms with Crippen molar-refractivity contribution < 1.29 is 0 Å². The van der Waals surface area contributed by atoms with Gasteiger partial charge in [-0.25, -0.2) is 0 Å².